The number of fused-ring (bicyclic) bond motifs is 1. The van der Waals surface area contributed by atoms with Gasteiger partial charge in [-0.25, -0.2) is 9.97 Å². The first-order chi connectivity index (χ1) is 15.6. The van der Waals surface area contributed by atoms with Crippen molar-refractivity contribution in [2.75, 3.05) is 38.1 Å². The minimum atomic E-state index is 0.0375. The summed E-state index contributed by atoms with van der Waals surface area (Å²) < 4.78 is 1.93. The monoisotopic (exact) mass is 427 g/mol. The third kappa shape index (κ3) is 4.09. The number of anilines is 1. The Balaban J connectivity index is 1.36. The molecule has 0 amide bonds. The molecule has 1 aliphatic rings. The first-order valence-corrected chi connectivity index (χ1v) is 10.7. The number of aryl methyl sites for hydroxylation is 1. The smallest absolute Gasteiger partial charge is 0.169 e. The molecule has 0 aromatic carbocycles. The maximum Gasteiger partial charge on any atom is 0.169 e. The van der Waals surface area contributed by atoms with E-state index in [1.54, 1.807) is 31.0 Å². The van der Waals surface area contributed by atoms with Gasteiger partial charge >= 0.3 is 0 Å². The molecule has 32 heavy (non-hydrogen) atoms. The van der Waals surface area contributed by atoms with Crippen molar-refractivity contribution < 1.29 is 4.79 Å². The van der Waals surface area contributed by atoms with Gasteiger partial charge in [0.05, 0.1) is 30.3 Å². The summed E-state index contributed by atoms with van der Waals surface area (Å²) in [6.45, 7) is 3.83. The lowest BCUT2D eigenvalue weighted by Gasteiger charge is -2.33. The third-order valence-electron chi connectivity index (χ3n) is 5.98. The maximum atomic E-state index is 13.0. The number of imidazole rings is 1. The Hall–Kier alpha value is -3.65. The van der Waals surface area contributed by atoms with E-state index in [-0.39, 0.29) is 12.2 Å². The average molecular weight is 428 g/mol. The molecule has 4 aromatic rings. The summed E-state index contributed by atoms with van der Waals surface area (Å²) in [6.07, 6.45) is 9.10. The number of pyridine rings is 3. The van der Waals surface area contributed by atoms with Crippen LogP contribution in [0.2, 0.25) is 0 Å². The molecule has 8 heteroatoms. The molecule has 0 unspecified atom stereocenters. The number of rotatable bonds is 5. The molecular formula is C24H25N7O. The van der Waals surface area contributed by atoms with Crippen LogP contribution in [0.3, 0.4) is 0 Å². The lowest BCUT2D eigenvalue weighted by molar-refractivity contribution is 0.0992. The Morgan fingerprint density at radius 3 is 2.53 bits per heavy atom. The van der Waals surface area contributed by atoms with E-state index in [0.717, 1.165) is 59.9 Å². The van der Waals surface area contributed by atoms with Gasteiger partial charge in [0, 0.05) is 68.5 Å². The molecule has 5 rings (SSSR count). The highest BCUT2D eigenvalue weighted by molar-refractivity contribution is 5.98. The minimum Gasteiger partial charge on any atom is -0.354 e. The van der Waals surface area contributed by atoms with E-state index in [1.807, 2.05) is 36.0 Å². The molecule has 1 fully saturated rings. The number of aromatic nitrogens is 5. The van der Waals surface area contributed by atoms with Crippen molar-refractivity contribution in [3.8, 4) is 11.4 Å². The SMILES string of the molecule is CN1CCN(c2cc(C(=O)Cc3cc4cc(-c5cncn5C)ncc4cn3)ccn2)CC1. The van der Waals surface area contributed by atoms with Gasteiger partial charge < -0.3 is 14.4 Å². The molecule has 0 atom stereocenters. The number of piperazine rings is 1. The molecule has 0 radical (unpaired) electrons. The normalized spacial score (nSPS) is 14.8. The zero-order chi connectivity index (χ0) is 22.1. The average Bonchev–Trinajstić information content (AvgIpc) is 3.25. The van der Waals surface area contributed by atoms with Crippen LogP contribution in [-0.4, -0.2) is 68.4 Å². The number of ketones is 1. The molecule has 0 N–H and O–H groups in total. The second kappa shape index (κ2) is 8.47. The van der Waals surface area contributed by atoms with Crippen molar-refractivity contribution in [3.05, 3.63) is 66.6 Å². The van der Waals surface area contributed by atoms with Crippen LogP contribution in [0.5, 0.6) is 0 Å². The first kappa shape index (κ1) is 20.3. The summed E-state index contributed by atoms with van der Waals surface area (Å²) in [5.74, 6) is 0.901. The van der Waals surface area contributed by atoms with E-state index in [1.165, 1.54) is 0 Å². The largest absolute Gasteiger partial charge is 0.354 e. The van der Waals surface area contributed by atoms with Gasteiger partial charge in [0.2, 0.25) is 0 Å². The fraction of sp³-hybridized carbons (Fsp3) is 0.292. The van der Waals surface area contributed by atoms with E-state index in [9.17, 15) is 4.79 Å². The summed E-state index contributed by atoms with van der Waals surface area (Å²) in [4.78, 5) is 35.2. The zero-order valence-electron chi connectivity index (χ0n) is 18.3. The first-order valence-electron chi connectivity index (χ1n) is 10.7. The third-order valence-corrected chi connectivity index (χ3v) is 5.98. The standard InChI is InChI=1S/C24H25N7O/c1-29-5-7-31(8-6-29)24-11-17(3-4-26-24)23(32)12-20-9-18-10-21(22-15-25-16-30(22)2)28-14-19(18)13-27-20/h3-4,9-11,13-16H,5-8,12H2,1-2H3. The lowest BCUT2D eigenvalue weighted by atomic mass is 10.1. The maximum absolute atomic E-state index is 13.0. The summed E-state index contributed by atoms with van der Waals surface area (Å²) in [7, 11) is 4.06. The van der Waals surface area contributed by atoms with Gasteiger partial charge in [-0.05, 0) is 36.7 Å². The van der Waals surface area contributed by atoms with Gasteiger partial charge in [-0.15, -0.1) is 0 Å². The topological polar surface area (TPSA) is 80.0 Å². The number of carbonyl (C=O) groups is 1. The summed E-state index contributed by atoms with van der Waals surface area (Å²) in [6, 6.07) is 7.67. The van der Waals surface area contributed by atoms with Crippen molar-refractivity contribution in [2.24, 2.45) is 7.05 Å². The molecule has 4 aromatic heterocycles. The quantitative estimate of drug-likeness (QED) is 0.453. The van der Waals surface area contributed by atoms with Crippen molar-refractivity contribution in [3.63, 3.8) is 0 Å². The van der Waals surface area contributed by atoms with Gasteiger partial charge in [-0.3, -0.25) is 14.8 Å². The van der Waals surface area contributed by atoms with Crippen LogP contribution in [0.15, 0.2) is 55.4 Å². The highest BCUT2D eigenvalue weighted by atomic mass is 16.1. The molecule has 1 saturated heterocycles. The Kier molecular flexibility index (Phi) is 5.36. The zero-order valence-corrected chi connectivity index (χ0v) is 18.3. The van der Waals surface area contributed by atoms with Gasteiger partial charge in [0.1, 0.15) is 5.82 Å². The van der Waals surface area contributed by atoms with Gasteiger partial charge in [-0.1, -0.05) is 0 Å². The fourth-order valence-electron chi connectivity index (χ4n) is 3.99. The van der Waals surface area contributed by atoms with Crippen LogP contribution < -0.4 is 4.90 Å². The van der Waals surface area contributed by atoms with Crippen LogP contribution in [0.1, 0.15) is 16.1 Å². The molecule has 5 heterocycles. The number of Topliss-reactive ketones (excluding diaryl/α,β-unsaturated/α-hetero) is 1. The predicted molar refractivity (Wildman–Crippen MR) is 124 cm³/mol. The summed E-state index contributed by atoms with van der Waals surface area (Å²) >= 11 is 0. The number of carbonyl (C=O) groups excluding carboxylic acids is 1. The Morgan fingerprint density at radius 1 is 0.938 bits per heavy atom. The summed E-state index contributed by atoms with van der Waals surface area (Å²) in [5, 5.41) is 1.94. The van der Waals surface area contributed by atoms with E-state index >= 15 is 0 Å². The molecule has 162 valence electrons. The summed E-state index contributed by atoms with van der Waals surface area (Å²) in [5.41, 5.74) is 3.19. The number of hydrogen-bond acceptors (Lipinski definition) is 7. The molecule has 0 aliphatic carbocycles. The lowest BCUT2D eigenvalue weighted by Crippen LogP contribution is -2.44. The Morgan fingerprint density at radius 2 is 1.75 bits per heavy atom. The predicted octanol–water partition coefficient (Wildman–Crippen LogP) is 2.60. The second-order valence-electron chi connectivity index (χ2n) is 8.28. The number of hydrogen-bond donors (Lipinski definition) is 0. The van der Waals surface area contributed by atoms with E-state index < -0.39 is 0 Å². The molecular weight excluding hydrogens is 402 g/mol. The number of likely N-dealkylation sites (N-methyl/N-ethyl adjacent to an activating group) is 1. The second-order valence-corrected chi connectivity index (χ2v) is 8.28. The number of nitrogens with zero attached hydrogens (tertiary/aromatic N) is 7. The van der Waals surface area contributed by atoms with Gasteiger partial charge in [0.25, 0.3) is 0 Å². The van der Waals surface area contributed by atoms with Crippen LogP contribution in [0.4, 0.5) is 5.82 Å². The fourth-order valence-corrected chi connectivity index (χ4v) is 3.99. The van der Waals surface area contributed by atoms with Crippen LogP contribution in [0, 0.1) is 0 Å². The Labute approximate surface area is 186 Å². The molecule has 0 saturated carbocycles. The van der Waals surface area contributed by atoms with Gasteiger partial charge in [-0.2, -0.15) is 0 Å². The highest BCUT2D eigenvalue weighted by Gasteiger charge is 2.17. The van der Waals surface area contributed by atoms with Crippen LogP contribution in [-0.2, 0) is 13.5 Å². The van der Waals surface area contributed by atoms with Crippen molar-refractivity contribution in [2.45, 2.75) is 6.42 Å². The molecule has 0 spiro atoms. The van der Waals surface area contributed by atoms with Crippen molar-refractivity contribution >= 4 is 22.4 Å². The van der Waals surface area contributed by atoms with Crippen LogP contribution >= 0.6 is 0 Å². The van der Waals surface area contributed by atoms with E-state index in [2.05, 4.69) is 36.8 Å². The van der Waals surface area contributed by atoms with Crippen LogP contribution in [0.25, 0.3) is 22.2 Å². The molecule has 1 aliphatic heterocycles. The van der Waals surface area contributed by atoms with Crippen molar-refractivity contribution in [1.29, 1.82) is 0 Å². The molecule has 8 nitrogen and oxygen atoms in total. The molecule has 0 bridgehead atoms. The van der Waals surface area contributed by atoms with Crippen molar-refractivity contribution in [1.82, 2.24) is 29.4 Å². The Bertz CT molecular complexity index is 1270. The van der Waals surface area contributed by atoms with E-state index in [0.29, 0.717) is 5.56 Å². The minimum absolute atomic E-state index is 0.0375. The van der Waals surface area contributed by atoms with Gasteiger partial charge in [0.15, 0.2) is 5.78 Å². The van der Waals surface area contributed by atoms with E-state index in [4.69, 9.17) is 0 Å². The highest BCUT2D eigenvalue weighted by Crippen LogP contribution is 2.22.